The fourth-order valence-corrected chi connectivity index (χ4v) is 2.70. The van der Waals surface area contributed by atoms with Gasteiger partial charge in [-0.3, -0.25) is 9.55 Å². The molecule has 1 atom stereocenters. The van der Waals surface area contributed by atoms with Gasteiger partial charge in [0.15, 0.2) is 11.5 Å². The lowest BCUT2D eigenvalue weighted by molar-refractivity contribution is 0.318. The number of phenols is 1. The molecule has 1 heterocycles. The van der Waals surface area contributed by atoms with E-state index in [4.69, 9.17) is 4.74 Å². The highest BCUT2D eigenvalue weighted by Crippen LogP contribution is 2.53. The van der Waals surface area contributed by atoms with Gasteiger partial charge in [-0.05, 0) is 48.7 Å². The first-order valence-electron chi connectivity index (χ1n) is 6.80. The Kier molecular flexibility index (Phi) is 4.86. The minimum Gasteiger partial charge on any atom is -0.504 e. The predicted molar refractivity (Wildman–Crippen MR) is 83.0 cm³/mol. The summed E-state index contributed by atoms with van der Waals surface area (Å²) in [4.78, 5) is 22.8. The number of pyridine rings is 1. The fraction of sp³-hybridized carbons (Fsp3) is 0.267. The van der Waals surface area contributed by atoms with Crippen molar-refractivity contribution in [2.24, 2.45) is 0 Å². The van der Waals surface area contributed by atoms with Crippen LogP contribution in [-0.4, -0.2) is 26.5 Å². The van der Waals surface area contributed by atoms with Crippen LogP contribution in [0.3, 0.4) is 0 Å². The average Bonchev–Trinajstić information content (AvgIpc) is 2.48. The molecule has 3 N–H and O–H groups in total. The number of phenolic OH excluding ortho intramolecular Hbond substituents is 1. The maximum Gasteiger partial charge on any atom is 0.332 e. The molecule has 1 aromatic carbocycles. The highest BCUT2D eigenvalue weighted by molar-refractivity contribution is 7.52. The molecule has 2 rings (SSSR count). The van der Waals surface area contributed by atoms with E-state index < -0.39 is 13.3 Å². The summed E-state index contributed by atoms with van der Waals surface area (Å²) in [6.45, 7) is 3.67. The molecule has 0 aliphatic carbocycles. The van der Waals surface area contributed by atoms with Crippen LogP contribution < -0.4 is 4.74 Å². The van der Waals surface area contributed by atoms with Gasteiger partial charge in [0, 0.05) is 12.4 Å². The van der Waals surface area contributed by atoms with Crippen LogP contribution in [0, 0.1) is 0 Å². The molecule has 6 nitrogen and oxygen atoms in total. The highest BCUT2D eigenvalue weighted by Gasteiger charge is 2.28. The Balaban J connectivity index is 2.54. The van der Waals surface area contributed by atoms with Gasteiger partial charge in [-0.25, -0.2) is 0 Å². The van der Waals surface area contributed by atoms with Crippen LogP contribution in [0.4, 0.5) is 0 Å². The molecule has 0 bridgehead atoms. The molecule has 7 heteroatoms. The lowest BCUT2D eigenvalue weighted by atomic mass is 9.99. The molecule has 2 aromatic rings. The van der Waals surface area contributed by atoms with E-state index in [0.29, 0.717) is 29.0 Å². The quantitative estimate of drug-likeness (QED) is 0.731. The van der Waals surface area contributed by atoms with Crippen LogP contribution in [-0.2, 0) is 4.57 Å². The Bertz CT molecular complexity index is 713. The van der Waals surface area contributed by atoms with Gasteiger partial charge in [0.05, 0.1) is 12.3 Å². The first-order valence-corrected chi connectivity index (χ1v) is 8.48. The molecule has 22 heavy (non-hydrogen) atoms. The van der Waals surface area contributed by atoms with Gasteiger partial charge in [0.1, 0.15) is 0 Å². The number of ether oxygens (including phenoxy) is 1. The smallest absolute Gasteiger partial charge is 0.332 e. The van der Waals surface area contributed by atoms with E-state index in [1.807, 2.05) is 0 Å². The average molecular weight is 323 g/mol. The Morgan fingerprint density at radius 1 is 1.32 bits per heavy atom. The van der Waals surface area contributed by atoms with Crippen LogP contribution >= 0.6 is 7.60 Å². The third kappa shape index (κ3) is 3.47. The largest absolute Gasteiger partial charge is 0.504 e. The molecular formula is C15H18NO5P. The van der Waals surface area contributed by atoms with Crippen LogP contribution in [0.2, 0.25) is 0 Å². The molecule has 0 amide bonds. The summed E-state index contributed by atoms with van der Waals surface area (Å²) in [5, 5.41) is 9.76. The Morgan fingerprint density at radius 2 is 2.05 bits per heavy atom. The Hall–Kier alpha value is -1.88. The standard InChI is InChI=1S/C15H18NO5P/c1-3-21-15-8-11(4-5-14(15)17)12-6-7-16-9-13(12)10(2)22(18,19)20/h4-10,17H,3H2,1-2H3,(H2,18,19,20). The lowest BCUT2D eigenvalue weighted by Crippen LogP contribution is -1.99. The maximum absolute atomic E-state index is 11.5. The second-order valence-corrected chi connectivity index (χ2v) is 6.80. The summed E-state index contributed by atoms with van der Waals surface area (Å²) in [7, 11) is -4.28. The summed E-state index contributed by atoms with van der Waals surface area (Å²) >= 11 is 0. The molecule has 0 fully saturated rings. The fourth-order valence-electron chi connectivity index (χ4n) is 2.14. The van der Waals surface area contributed by atoms with Gasteiger partial charge >= 0.3 is 7.60 Å². The number of rotatable bonds is 5. The van der Waals surface area contributed by atoms with Crippen molar-refractivity contribution in [2.75, 3.05) is 6.61 Å². The van der Waals surface area contributed by atoms with Crippen molar-refractivity contribution in [3.05, 3.63) is 42.2 Å². The topological polar surface area (TPSA) is 99.9 Å². The first-order chi connectivity index (χ1) is 10.3. The van der Waals surface area contributed by atoms with E-state index in [1.54, 1.807) is 31.3 Å². The van der Waals surface area contributed by atoms with Crippen LogP contribution in [0.5, 0.6) is 11.5 Å². The van der Waals surface area contributed by atoms with E-state index in [-0.39, 0.29) is 5.75 Å². The second-order valence-electron chi connectivity index (χ2n) is 4.84. The maximum atomic E-state index is 11.5. The number of hydrogen-bond donors (Lipinski definition) is 3. The van der Waals surface area contributed by atoms with Crippen LogP contribution in [0.25, 0.3) is 11.1 Å². The van der Waals surface area contributed by atoms with Crippen molar-refractivity contribution in [3.8, 4) is 22.6 Å². The van der Waals surface area contributed by atoms with Crippen molar-refractivity contribution in [1.82, 2.24) is 4.98 Å². The van der Waals surface area contributed by atoms with Gasteiger partial charge in [-0.15, -0.1) is 0 Å². The van der Waals surface area contributed by atoms with Gasteiger partial charge in [0.25, 0.3) is 0 Å². The summed E-state index contributed by atoms with van der Waals surface area (Å²) in [5.74, 6) is 0.343. The third-order valence-corrected chi connectivity index (χ3v) is 4.66. The first kappa shape index (κ1) is 16.5. The molecule has 0 saturated heterocycles. The van der Waals surface area contributed by atoms with Crippen molar-refractivity contribution in [3.63, 3.8) is 0 Å². The van der Waals surface area contributed by atoms with Gasteiger partial charge in [0.2, 0.25) is 0 Å². The van der Waals surface area contributed by atoms with Crippen molar-refractivity contribution in [1.29, 1.82) is 0 Å². The Labute approximate surface area is 128 Å². The van der Waals surface area contributed by atoms with E-state index in [9.17, 15) is 19.5 Å². The number of benzene rings is 1. The normalized spacial score (nSPS) is 12.9. The highest BCUT2D eigenvalue weighted by atomic mass is 31.2. The summed E-state index contributed by atoms with van der Waals surface area (Å²) in [6.07, 6.45) is 3.00. The third-order valence-electron chi connectivity index (χ3n) is 3.38. The van der Waals surface area contributed by atoms with E-state index in [0.717, 1.165) is 0 Å². The molecule has 0 aliphatic heterocycles. The molecule has 0 radical (unpaired) electrons. The lowest BCUT2D eigenvalue weighted by Gasteiger charge is -2.18. The Morgan fingerprint density at radius 3 is 2.68 bits per heavy atom. The van der Waals surface area contributed by atoms with Crippen molar-refractivity contribution in [2.45, 2.75) is 19.5 Å². The number of aromatic hydroxyl groups is 1. The molecule has 118 valence electrons. The van der Waals surface area contributed by atoms with Gasteiger partial charge in [-0.1, -0.05) is 6.07 Å². The van der Waals surface area contributed by atoms with Gasteiger partial charge < -0.3 is 19.6 Å². The zero-order chi connectivity index (χ0) is 16.3. The van der Waals surface area contributed by atoms with Crippen molar-refractivity contribution < 1.29 is 24.2 Å². The summed E-state index contributed by atoms with van der Waals surface area (Å²) in [6, 6.07) is 6.49. The minimum atomic E-state index is -4.28. The summed E-state index contributed by atoms with van der Waals surface area (Å²) < 4.78 is 16.9. The van der Waals surface area contributed by atoms with Crippen LogP contribution in [0.1, 0.15) is 25.1 Å². The zero-order valence-electron chi connectivity index (χ0n) is 12.3. The van der Waals surface area contributed by atoms with E-state index in [1.165, 1.54) is 19.2 Å². The van der Waals surface area contributed by atoms with E-state index >= 15 is 0 Å². The molecule has 1 aromatic heterocycles. The molecule has 1 unspecified atom stereocenters. The molecule has 0 spiro atoms. The molecule has 0 saturated carbocycles. The second kappa shape index (κ2) is 6.48. The summed E-state index contributed by atoms with van der Waals surface area (Å²) in [5.41, 5.74) is 0.815. The molecule has 0 aliphatic rings. The van der Waals surface area contributed by atoms with Gasteiger partial charge in [-0.2, -0.15) is 0 Å². The molecular weight excluding hydrogens is 305 g/mol. The van der Waals surface area contributed by atoms with E-state index in [2.05, 4.69) is 4.98 Å². The van der Waals surface area contributed by atoms with Crippen LogP contribution in [0.15, 0.2) is 36.7 Å². The zero-order valence-corrected chi connectivity index (χ0v) is 13.2. The predicted octanol–water partition coefficient (Wildman–Crippen LogP) is 3.09. The minimum absolute atomic E-state index is 0.0178. The number of aromatic nitrogens is 1. The number of hydrogen-bond acceptors (Lipinski definition) is 4. The monoisotopic (exact) mass is 323 g/mol. The SMILES string of the molecule is CCOc1cc(-c2ccncc2C(C)P(=O)(O)O)ccc1O. The number of nitrogens with zero attached hydrogens (tertiary/aromatic N) is 1. The van der Waals surface area contributed by atoms with Crippen molar-refractivity contribution >= 4 is 7.60 Å².